The minimum atomic E-state index is -0.505. The number of halogens is 3. The van der Waals surface area contributed by atoms with Crippen LogP contribution in [0.4, 0.5) is 0 Å². The van der Waals surface area contributed by atoms with Gasteiger partial charge in [0, 0.05) is 5.02 Å². The molecule has 0 atom stereocenters. The lowest BCUT2D eigenvalue weighted by molar-refractivity contribution is -0.123. The van der Waals surface area contributed by atoms with Gasteiger partial charge in [-0.25, -0.2) is 10.2 Å². The minimum Gasteiger partial charge on any atom is -0.481 e. The molecule has 2 aromatic rings. The van der Waals surface area contributed by atoms with E-state index in [-0.39, 0.29) is 22.4 Å². The first-order valence-electron chi connectivity index (χ1n) is 7.18. The summed E-state index contributed by atoms with van der Waals surface area (Å²) >= 11 is 17.7. The summed E-state index contributed by atoms with van der Waals surface area (Å²) in [7, 11) is 1.31. The van der Waals surface area contributed by atoms with Crippen molar-refractivity contribution in [3.8, 4) is 5.75 Å². The fourth-order valence-electron chi connectivity index (χ4n) is 1.84. The van der Waals surface area contributed by atoms with Crippen LogP contribution in [0.5, 0.6) is 5.75 Å². The average molecular weight is 416 g/mol. The Morgan fingerprint density at radius 1 is 1.12 bits per heavy atom. The molecule has 0 aliphatic rings. The Balaban J connectivity index is 1.87. The molecule has 136 valence electrons. The Hall–Kier alpha value is -2.28. The molecule has 0 saturated carbocycles. The van der Waals surface area contributed by atoms with E-state index in [1.54, 1.807) is 24.3 Å². The van der Waals surface area contributed by atoms with E-state index in [0.717, 1.165) is 0 Å². The van der Waals surface area contributed by atoms with E-state index in [4.69, 9.17) is 39.5 Å². The summed E-state index contributed by atoms with van der Waals surface area (Å²) in [5.41, 5.74) is 3.40. The molecule has 2 aromatic carbocycles. The topological polar surface area (TPSA) is 77.0 Å². The summed E-state index contributed by atoms with van der Waals surface area (Å²) in [6.07, 6.45) is 1.42. The fourth-order valence-corrected chi connectivity index (χ4v) is 2.76. The molecular weight excluding hydrogens is 403 g/mol. The van der Waals surface area contributed by atoms with Gasteiger partial charge >= 0.3 is 5.97 Å². The summed E-state index contributed by atoms with van der Waals surface area (Å²) in [5, 5.41) is 4.56. The Bertz CT molecular complexity index is 815. The third kappa shape index (κ3) is 5.62. The average Bonchev–Trinajstić information content (AvgIpc) is 2.60. The maximum absolute atomic E-state index is 11.8. The van der Waals surface area contributed by atoms with Crippen LogP contribution in [0.15, 0.2) is 41.5 Å². The van der Waals surface area contributed by atoms with Crippen molar-refractivity contribution in [2.45, 2.75) is 0 Å². The quantitative estimate of drug-likeness (QED) is 0.440. The first-order valence-corrected chi connectivity index (χ1v) is 8.31. The monoisotopic (exact) mass is 414 g/mol. The maximum Gasteiger partial charge on any atom is 0.337 e. The number of benzene rings is 2. The van der Waals surface area contributed by atoms with Crippen LogP contribution in [0.3, 0.4) is 0 Å². The molecule has 6 nitrogen and oxygen atoms in total. The number of esters is 1. The van der Waals surface area contributed by atoms with Gasteiger partial charge in [0.2, 0.25) is 0 Å². The molecule has 0 radical (unpaired) electrons. The minimum absolute atomic E-state index is 0.162. The zero-order chi connectivity index (χ0) is 19.1. The molecule has 2 rings (SSSR count). The predicted octanol–water partition coefficient (Wildman–Crippen LogP) is 3.96. The first kappa shape index (κ1) is 20.0. The number of hydrogen-bond acceptors (Lipinski definition) is 5. The van der Waals surface area contributed by atoms with Crippen LogP contribution < -0.4 is 10.2 Å². The van der Waals surface area contributed by atoms with E-state index in [9.17, 15) is 9.59 Å². The predicted molar refractivity (Wildman–Crippen MR) is 100 cm³/mol. The zero-order valence-electron chi connectivity index (χ0n) is 13.5. The van der Waals surface area contributed by atoms with Crippen molar-refractivity contribution in [3.05, 3.63) is 62.6 Å². The van der Waals surface area contributed by atoms with Crippen molar-refractivity contribution in [1.29, 1.82) is 0 Å². The highest BCUT2D eigenvalue weighted by atomic mass is 35.5. The van der Waals surface area contributed by atoms with Crippen LogP contribution in [0, 0.1) is 0 Å². The van der Waals surface area contributed by atoms with E-state index in [2.05, 4.69) is 15.3 Å². The second-order valence-electron chi connectivity index (χ2n) is 4.89. The molecule has 0 aromatic heterocycles. The molecule has 0 fully saturated rings. The highest BCUT2D eigenvalue weighted by molar-refractivity contribution is 6.40. The molecule has 0 saturated heterocycles. The number of hydrogen-bond donors (Lipinski definition) is 1. The summed E-state index contributed by atoms with van der Waals surface area (Å²) < 4.78 is 9.89. The fraction of sp³-hybridized carbons (Fsp3) is 0.118. The van der Waals surface area contributed by atoms with Gasteiger partial charge in [-0.2, -0.15) is 5.10 Å². The Kier molecular flexibility index (Phi) is 7.26. The van der Waals surface area contributed by atoms with Gasteiger partial charge in [-0.05, 0) is 29.8 Å². The number of methoxy groups -OCH3 is 1. The van der Waals surface area contributed by atoms with Crippen LogP contribution in [-0.4, -0.2) is 31.8 Å². The smallest absolute Gasteiger partial charge is 0.337 e. The van der Waals surface area contributed by atoms with Crippen LogP contribution >= 0.6 is 34.8 Å². The van der Waals surface area contributed by atoms with E-state index >= 15 is 0 Å². The van der Waals surface area contributed by atoms with Gasteiger partial charge in [-0.3, -0.25) is 4.79 Å². The number of hydrazone groups is 1. The standard InChI is InChI=1S/C17H13Cl3N2O4/c1-25-17(24)11-4-2-10(3-5-11)8-21-22-15(23)9-26-16-13(19)6-12(18)7-14(16)20/h2-8H,9H2,1H3,(H,22,23)/b21-8-. The number of carbonyl (C=O) groups is 2. The molecule has 1 amide bonds. The first-order chi connectivity index (χ1) is 12.4. The van der Waals surface area contributed by atoms with Crippen LogP contribution in [0.1, 0.15) is 15.9 Å². The molecule has 0 bridgehead atoms. The van der Waals surface area contributed by atoms with Gasteiger partial charge in [0.05, 0.1) is 28.9 Å². The van der Waals surface area contributed by atoms with Crippen molar-refractivity contribution in [2.24, 2.45) is 5.10 Å². The number of nitrogens with zero attached hydrogens (tertiary/aromatic N) is 1. The van der Waals surface area contributed by atoms with Crippen molar-refractivity contribution < 1.29 is 19.1 Å². The summed E-state index contributed by atoms with van der Waals surface area (Å²) in [4.78, 5) is 23.1. The molecule has 0 aliphatic carbocycles. The van der Waals surface area contributed by atoms with Gasteiger partial charge in [0.1, 0.15) is 0 Å². The second kappa shape index (κ2) is 9.43. The third-order valence-corrected chi connectivity index (χ3v) is 3.83. The van der Waals surface area contributed by atoms with Gasteiger partial charge in [-0.15, -0.1) is 0 Å². The number of nitrogens with one attached hydrogen (secondary N) is 1. The normalized spacial score (nSPS) is 10.6. The summed E-state index contributed by atoms with van der Waals surface area (Å²) in [6.45, 7) is -0.334. The SMILES string of the molecule is COC(=O)c1ccc(/C=N\NC(=O)COc2c(Cl)cc(Cl)cc2Cl)cc1. The summed E-state index contributed by atoms with van der Waals surface area (Å²) in [6, 6.07) is 9.40. The molecule has 0 unspecified atom stereocenters. The van der Waals surface area contributed by atoms with E-state index in [1.807, 2.05) is 0 Å². The van der Waals surface area contributed by atoms with E-state index < -0.39 is 11.9 Å². The highest BCUT2D eigenvalue weighted by Crippen LogP contribution is 2.35. The lowest BCUT2D eigenvalue weighted by Crippen LogP contribution is -2.24. The van der Waals surface area contributed by atoms with Gasteiger partial charge in [-0.1, -0.05) is 46.9 Å². The Morgan fingerprint density at radius 2 is 1.73 bits per heavy atom. The lowest BCUT2D eigenvalue weighted by Gasteiger charge is -2.09. The molecule has 0 heterocycles. The molecule has 26 heavy (non-hydrogen) atoms. The van der Waals surface area contributed by atoms with Crippen molar-refractivity contribution in [2.75, 3.05) is 13.7 Å². The molecular formula is C17H13Cl3N2O4. The lowest BCUT2D eigenvalue weighted by atomic mass is 10.1. The van der Waals surface area contributed by atoms with E-state index in [0.29, 0.717) is 16.1 Å². The summed E-state index contributed by atoms with van der Waals surface area (Å²) in [5.74, 6) is -0.775. The van der Waals surface area contributed by atoms with Crippen LogP contribution in [0.2, 0.25) is 15.1 Å². The largest absolute Gasteiger partial charge is 0.481 e. The Labute approximate surface area is 164 Å². The van der Waals surface area contributed by atoms with Crippen LogP contribution in [-0.2, 0) is 9.53 Å². The third-order valence-electron chi connectivity index (χ3n) is 3.05. The van der Waals surface area contributed by atoms with E-state index in [1.165, 1.54) is 25.5 Å². The van der Waals surface area contributed by atoms with Crippen LogP contribution in [0.25, 0.3) is 0 Å². The zero-order valence-corrected chi connectivity index (χ0v) is 15.7. The van der Waals surface area contributed by atoms with Gasteiger partial charge < -0.3 is 9.47 Å². The molecule has 0 spiro atoms. The van der Waals surface area contributed by atoms with Crippen molar-refractivity contribution >= 4 is 52.9 Å². The molecule has 0 aliphatic heterocycles. The Morgan fingerprint density at radius 3 is 2.31 bits per heavy atom. The molecule has 1 N–H and O–H groups in total. The number of rotatable bonds is 6. The number of ether oxygens (including phenoxy) is 2. The van der Waals surface area contributed by atoms with Crippen molar-refractivity contribution in [3.63, 3.8) is 0 Å². The molecule has 9 heteroatoms. The van der Waals surface area contributed by atoms with Gasteiger partial charge in [0.15, 0.2) is 12.4 Å². The number of amides is 1. The second-order valence-corrected chi connectivity index (χ2v) is 6.14. The van der Waals surface area contributed by atoms with Crippen molar-refractivity contribution in [1.82, 2.24) is 5.43 Å². The van der Waals surface area contributed by atoms with Gasteiger partial charge in [0.25, 0.3) is 5.91 Å². The number of carbonyl (C=O) groups excluding carboxylic acids is 2. The highest BCUT2D eigenvalue weighted by Gasteiger charge is 2.11. The maximum atomic E-state index is 11.8.